The number of ether oxygens (including phenoxy) is 3. The second-order valence-electron chi connectivity index (χ2n) is 6.52. The van der Waals surface area contributed by atoms with Gasteiger partial charge in [-0.25, -0.2) is 9.59 Å². The van der Waals surface area contributed by atoms with Gasteiger partial charge in [0.2, 0.25) is 0 Å². The van der Waals surface area contributed by atoms with E-state index in [0.717, 1.165) is 11.3 Å². The van der Waals surface area contributed by atoms with Crippen LogP contribution in [0, 0.1) is 0 Å². The van der Waals surface area contributed by atoms with E-state index >= 15 is 0 Å². The monoisotopic (exact) mass is 340 g/mol. The lowest BCUT2D eigenvalue weighted by atomic mass is 9.86. The third-order valence-electron chi connectivity index (χ3n) is 4.11. The molecule has 0 spiro atoms. The first-order valence-corrected chi connectivity index (χ1v) is 8.17. The lowest BCUT2D eigenvalue weighted by Crippen LogP contribution is -2.19. The van der Waals surface area contributed by atoms with Crippen LogP contribution in [0.4, 0.5) is 0 Å². The van der Waals surface area contributed by atoms with Gasteiger partial charge in [-0.3, -0.25) is 0 Å². The van der Waals surface area contributed by atoms with Crippen LogP contribution in [0.25, 0.3) is 0 Å². The van der Waals surface area contributed by atoms with Crippen LogP contribution >= 0.6 is 0 Å². The number of esters is 2. The lowest BCUT2D eigenvalue weighted by molar-refractivity contribution is 0.0526. The number of hydrogen-bond donors (Lipinski definition) is 0. The summed E-state index contributed by atoms with van der Waals surface area (Å²) < 4.78 is 15.9. The topological polar surface area (TPSA) is 61.8 Å². The quantitative estimate of drug-likeness (QED) is 0.626. The van der Waals surface area contributed by atoms with Gasteiger partial charge in [0.05, 0.1) is 24.3 Å². The molecule has 0 atom stereocenters. The van der Waals surface area contributed by atoms with Crippen molar-refractivity contribution in [3.05, 3.63) is 59.2 Å². The van der Waals surface area contributed by atoms with E-state index in [0.29, 0.717) is 30.1 Å². The zero-order valence-corrected chi connectivity index (χ0v) is 14.5. The molecule has 0 amide bonds. The van der Waals surface area contributed by atoms with Gasteiger partial charge in [0.15, 0.2) is 0 Å². The van der Waals surface area contributed by atoms with Crippen LogP contribution in [0.1, 0.15) is 47.1 Å². The molecule has 5 nitrogen and oxygen atoms in total. The summed E-state index contributed by atoms with van der Waals surface area (Å²) >= 11 is 0. The molecule has 5 heteroatoms. The van der Waals surface area contributed by atoms with Gasteiger partial charge < -0.3 is 14.2 Å². The van der Waals surface area contributed by atoms with E-state index in [4.69, 9.17) is 14.2 Å². The molecule has 2 aromatic rings. The van der Waals surface area contributed by atoms with Crippen molar-refractivity contribution in [2.24, 2.45) is 0 Å². The molecule has 0 aliphatic carbocycles. The Morgan fingerprint density at radius 1 is 1.04 bits per heavy atom. The summed E-state index contributed by atoms with van der Waals surface area (Å²) in [6.07, 6.45) is 0. The van der Waals surface area contributed by atoms with E-state index in [1.807, 2.05) is 6.07 Å². The molecule has 0 saturated carbocycles. The van der Waals surface area contributed by atoms with Gasteiger partial charge in [-0.15, -0.1) is 0 Å². The van der Waals surface area contributed by atoms with Crippen LogP contribution in [0.15, 0.2) is 42.5 Å². The van der Waals surface area contributed by atoms with Gasteiger partial charge in [-0.2, -0.15) is 0 Å². The molecule has 2 aromatic carbocycles. The summed E-state index contributed by atoms with van der Waals surface area (Å²) in [5, 5.41) is 0. The maximum absolute atomic E-state index is 12.4. The summed E-state index contributed by atoms with van der Waals surface area (Å²) in [7, 11) is 0. The van der Waals surface area contributed by atoms with Gasteiger partial charge in [-0.05, 0) is 49.4 Å². The predicted octanol–water partition coefficient (Wildman–Crippen LogP) is 3.75. The third-order valence-corrected chi connectivity index (χ3v) is 4.11. The Labute approximate surface area is 146 Å². The second-order valence-corrected chi connectivity index (χ2v) is 6.52. The van der Waals surface area contributed by atoms with Crippen molar-refractivity contribution in [2.75, 3.05) is 13.2 Å². The van der Waals surface area contributed by atoms with E-state index in [2.05, 4.69) is 13.8 Å². The Balaban J connectivity index is 1.74. The van der Waals surface area contributed by atoms with Crippen molar-refractivity contribution < 1.29 is 23.8 Å². The van der Waals surface area contributed by atoms with E-state index in [1.165, 1.54) is 0 Å². The van der Waals surface area contributed by atoms with Crippen molar-refractivity contribution in [3.63, 3.8) is 0 Å². The third kappa shape index (κ3) is 3.50. The van der Waals surface area contributed by atoms with Crippen molar-refractivity contribution in [1.29, 1.82) is 0 Å². The number of benzene rings is 2. The first kappa shape index (κ1) is 17.0. The zero-order valence-electron chi connectivity index (χ0n) is 14.5. The summed E-state index contributed by atoms with van der Waals surface area (Å²) in [6.45, 7) is 6.80. The molecule has 130 valence electrons. The molecular formula is C20H20O5. The first-order valence-electron chi connectivity index (χ1n) is 8.17. The number of carbonyl (C=O) groups excluding carboxylic acids is 2. The Morgan fingerprint density at radius 2 is 1.72 bits per heavy atom. The normalized spacial score (nSPS) is 14.4. The van der Waals surface area contributed by atoms with Crippen molar-refractivity contribution in [3.8, 4) is 11.5 Å². The molecule has 3 rings (SSSR count). The van der Waals surface area contributed by atoms with Crippen LogP contribution in [0.3, 0.4) is 0 Å². The van der Waals surface area contributed by atoms with Crippen molar-refractivity contribution >= 4 is 11.9 Å². The molecule has 1 heterocycles. The van der Waals surface area contributed by atoms with Crippen LogP contribution < -0.4 is 9.47 Å². The summed E-state index contributed by atoms with van der Waals surface area (Å²) in [5.41, 5.74) is 1.75. The van der Waals surface area contributed by atoms with Gasteiger partial charge in [0.1, 0.15) is 11.5 Å². The van der Waals surface area contributed by atoms with Gasteiger partial charge in [0.25, 0.3) is 0 Å². The minimum Gasteiger partial charge on any atom is -0.492 e. The van der Waals surface area contributed by atoms with E-state index in [1.54, 1.807) is 43.3 Å². The molecule has 0 bridgehead atoms. The lowest BCUT2D eigenvalue weighted by Gasteiger charge is -2.15. The average molecular weight is 340 g/mol. The number of hydrogen-bond acceptors (Lipinski definition) is 5. The average Bonchev–Trinajstić information content (AvgIpc) is 2.90. The molecule has 25 heavy (non-hydrogen) atoms. The van der Waals surface area contributed by atoms with E-state index in [-0.39, 0.29) is 5.41 Å². The maximum Gasteiger partial charge on any atom is 0.343 e. The maximum atomic E-state index is 12.4. The number of rotatable bonds is 4. The van der Waals surface area contributed by atoms with Crippen LogP contribution in [0.2, 0.25) is 0 Å². The van der Waals surface area contributed by atoms with Crippen LogP contribution in [-0.2, 0) is 10.2 Å². The highest BCUT2D eigenvalue weighted by Crippen LogP contribution is 2.38. The van der Waals surface area contributed by atoms with Crippen molar-refractivity contribution in [1.82, 2.24) is 0 Å². The Morgan fingerprint density at radius 3 is 2.40 bits per heavy atom. The molecule has 0 radical (unpaired) electrons. The Bertz CT molecular complexity index is 805. The van der Waals surface area contributed by atoms with Crippen molar-refractivity contribution in [2.45, 2.75) is 26.2 Å². The van der Waals surface area contributed by atoms with E-state index in [9.17, 15) is 9.59 Å². The van der Waals surface area contributed by atoms with Crippen LogP contribution in [-0.4, -0.2) is 25.2 Å². The Kier molecular flexibility index (Phi) is 4.49. The smallest absolute Gasteiger partial charge is 0.343 e. The minimum atomic E-state index is -0.450. The van der Waals surface area contributed by atoms with Gasteiger partial charge >= 0.3 is 11.9 Å². The first-order chi connectivity index (χ1) is 11.9. The molecule has 0 aromatic heterocycles. The highest BCUT2D eigenvalue weighted by atomic mass is 16.5. The molecule has 0 fully saturated rings. The predicted molar refractivity (Wildman–Crippen MR) is 92.3 cm³/mol. The van der Waals surface area contributed by atoms with E-state index < -0.39 is 11.9 Å². The standard InChI is InChI=1S/C20H20O5/c1-4-23-18(21)13-5-8-15(9-6-13)25-19(22)14-7-10-17-16(11-14)20(2,3)12-24-17/h5-11H,4,12H2,1-3H3. The Hall–Kier alpha value is -2.82. The minimum absolute atomic E-state index is 0.132. The highest BCUT2D eigenvalue weighted by Gasteiger charge is 2.32. The number of carbonyl (C=O) groups is 2. The SMILES string of the molecule is CCOC(=O)c1ccc(OC(=O)c2ccc3c(c2)C(C)(C)CO3)cc1. The molecule has 1 aliphatic rings. The molecule has 1 aliphatic heterocycles. The number of fused-ring (bicyclic) bond motifs is 1. The molecule has 0 saturated heterocycles. The highest BCUT2D eigenvalue weighted by molar-refractivity contribution is 5.92. The van der Waals surface area contributed by atoms with Crippen LogP contribution in [0.5, 0.6) is 11.5 Å². The fourth-order valence-corrected chi connectivity index (χ4v) is 2.69. The fraction of sp³-hybridized carbons (Fsp3) is 0.300. The van der Waals surface area contributed by atoms with Gasteiger partial charge in [-0.1, -0.05) is 13.8 Å². The summed E-state index contributed by atoms with van der Waals surface area (Å²) in [6, 6.07) is 11.6. The zero-order chi connectivity index (χ0) is 18.0. The summed E-state index contributed by atoms with van der Waals surface area (Å²) in [4.78, 5) is 24.0. The summed E-state index contributed by atoms with van der Waals surface area (Å²) in [5.74, 6) is 0.324. The molecular weight excluding hydrogens is 320 g/mol. The fourth-order valence-electron chi connectivity index (χ4n) is 2.69. The molecule has 0 unspecified atom stereocenters. The second kappa shape index (κ2) is 6.59. The largest absolute Gasteiger partial charge is 0.492 e. The van der Waals surface area contributed by atoms with Gasteiger partial charge in [0, 0.05) is 11.0 Å². The molecule has 0 N–H and O–H groups in total.